The predicted molar refractivity (Wildman–Crippen MR) is 91.9 cm³/mol. The molecular weight excluding hydrogens is 296 g/mol. The summed E-state index contributed by atoms with van der Waals surface area (Å²) in [5.74, 6) is 0.739. The van der Waals surface area contributed by atoms with Gasteiger partial charge in [0.2, 0.25) is 0 Å². The SMILES string of the molecule is CN1CCN(c2ccc(OCc3ccccc3)c(Cl)c2)CC1. The molecule has 1 saturated heterocycles. The first kappa shape index (κ1) is 15.2. The molecule has 0 N–H and O–H groups in total. The Bertz CT molecular complexity index is 610. The number of ether oxygens (including phenoxy) is 1. The molecule has 0 spiro atoms. The molecule has 2 aromatic rings. The number of anilines is 1. The third-order valence-corrected chi connectivity index (χ3v) is 4.32. The lowest BCUT2D eigenvalue weighted by Crippen LogP contribution is -2.44. The normalized spacial score (nSPS) is 15.8. The van der Waals surface area contributed by atoms with E-state index in [2.05, 4.69) is 22.9 Å². The van der Waals surface area contributed by atoms with Gasteiger partial charge in [0, 0.05) is 31.9 Å². The fraction of sp³-hybridized carbons (Fsp3) is 0.333. The Morgan fingerprint density at radius 1 is 1.00 bits per heavy atom. The zero-order valence-corrected chi connectivity index (χ0v) is 13.6. The summed E-state index contributed by atoms with van der Waals surface area (Å²) >= 11 is 6.38. The molecule has 1 fully saturated rings. The summed E-state index contributed by atoms with van der Waals surface area (Å²) < 4.78 is 5.82. The first-order chi connectivity index (χ1) is 10.7. The number of hydrogen-bond acceptors (Lipinski definition) is 3. The Morgan fingerprint density at radius 2 is 1.73 bits per heavy atom. The Kier molecular flexibility index (Phi) is 4.86. The number of halogens is 1. The van der Waals surface area contributed by atoms with E-state index in [1.165, 1.54) is 5.69 Å². The van der Waals surface area contributed by atoms with Crippen LogP contribution in [0.15, 0.2) is 48.5 Å². The van der Waals surface area contributed by atoms with Crippen molar-refractivity contribution in [2.45, 2.75) is 6.61 Å². The lowest BCUT2D eigenvalue weighted by molar-refractivity contribution is 0.305. The zero-order valence-electron chi connectivity index (χ0n) is 12.8. The van der Waals surface area contributed by atoms with Gasteiger partial charge in [-0.25, -0.2) is 0 Å². The van der Waals surface area contributed by atoms with Crippen LogP contribution in [0.1, 0.15) is 5.56 Å². The molecule has 1 aliphatic heterocycles. The topological polar surface area (TPSA) is 15.7 Å². The van der Waals surface area contributed by atoms with Crippen LogP contribution in [0.5, 0.6) is 5.75 Å². The van der Waals surface area contributed by atoms with E-state index in [4.69, 9.17) is 16.3 Å². The standard InChI is InChI=1S/C18H21ClN2O/c1-20-9-11-21(12-10-20)16-7-8-18(17(19)13-16)22-14-15-5-3-2-4-6-15/h2-8,13H,9-12,14H2,1H3. The van der Waals surface area contributed by atoms with Gasteiger partial charge in [0.25, 0.3) is 0 Å². The van der Waals surface area contributed by atoms with Gasteiger partial charge in [-0.15, -0.1) is 0 Å². The maximum atomic E-state index is 6.38. The maximum absolute atomic E-state index is 6.38. The van der Waals surface area contributed by atoms with Crippen LogP contribution in [0.2, 0.25) is 5.02 Å². The lowest BCUT2D eigenvalue weighted by atomic mass is 10.2. The molecule has 3 rings (SSSR count). The van der Waals surface area contributed by atoms with Crippen molar-refractivity contribution in [3.8, 4) is 5.75 Å². The van der Waals surface area contributed by atoms with Gasteiger partial charge in [-0.2, -0.15) is 0 Å². The van der Waals surface area contributed by atoms with Crippen molar-refractivity contribution in [1.82, 2.24) is 4.90 Å². The van der Waals surface area contributed by atoms with Crippen LogP contribution >= 0.6 is 11.6 Å². The van der Waals surface area contributed by atoms with Crippen molar-refractivity contribution in [2.75, 3.05) is 38.1 Å². The van der Waals surface area contributed by atoms with Crippen molar-refractivity contribution < 1.29 is 4.74 Å². The monoisotopic (exact) mass is 316 g/mol. The molecule has 22 heavy (non-hydrogen) atoms. The number of likely N-dealkylation sites (N-methyl/N-ethyl adjacent to an activating group) is 1. The van der Waals surface area contributed by atoms with Gasteiger partial charge in [-0.3, -0.25) is 0 Å². The fourth-order valence-electron chi connectivity index (χ4n) is 2.60. The Hall–Kier alpha value is -1.71. The van der Waals surface area contributed by atoms with Crippen LogP contribution in [0.3, 0.4) is 0 Å². The molecule has 0 atom stereocenters. The quantitative estimate of drug-likeness (QED) is 0.856. The van der Waals surface area contributed by atoms with E-state index in [-0.39, 0.29) is 0 Å². The van der Waals surface area contributed by atoms with Crippen LogP contribution in [-0.2, 0) is 6.61 Å². The third kappa shape index (κ3) is 3.73. The predicted octanol–water partition coefficient (Wildman–Crippen LogP) is 3.67. The summed E-state index contributed by atoms with van der Waals surface area (Å²) in [5.41, 5.74) is 2.31. The van der Waals surface area contributed by atoms with E-state index < -0.39 is 0 Å². The fourth-order valence-corrected chi connectivity index (χ4v) is 2.83. The van der Waals surface area contributed by atoms with Crippen LogP contribution in [0.25, 0.3) is 0 Å². The zero-order chi connectivity index (χ0) is 15.4. The van der Waals surface area contributed by atoms with Crippen LogP contribution in [-0.4, -0.2) is 38.1 Å². The minimum absolute atomic E-state index is 0.536. The smallest absolute Gasteiger partial charge is 0.138 e. The Labute approximate surface area is 137 Å². The van der Waals surface area contributed by atoms with Gasteiger partial charge in [0.05, 0.1) is 5.02 Å². The average molecular weight is 317 g/mol. The molecule has 2 aromatic carbocycles. The van der Waals surface area contributed by atoms with Crippen molar-refractivity contribution in [3.63, 3.8) is 0 Å². The van der Waals surface area contributed by atoms with Gasteiger partial charge < -0.3 is 14.5 Å². The second-order valence-corrected chi connectivity index (χ2v) is 6.09. The second kappa shape index (κ2) is 7.03. The highest BCUT2D eigenvalue weighted by molar-refractivity contribution is 6.32. The van der Waals surface area contributed by atoms with Crippen molar-refractivity contribution in [2.24, 2.45) is 0 Å². The highest BCUT2D eigenvalue weighted by Crippen LogP contribution is 2.30. The minimum Gasteiger partial charge on any atom is -0.487 e. The minimum atomic E-state index is 0.536. The molecule has 1 heterocycles. The van der Waals surface area contributed by atoms with Crippen molar-refractivity contribution in [1.29, 1.82) is 0 Å². The largest absolute Gasteiger partial charge is 0.487 e. The van der Waals surface area contributed by atoms with Gasteiger partial charge in [0.1, 0.15) is 12.4 Å². The van der Waals surface area contributed by atoms with Crippen LogP contribution < -0.4 is 9.64 Å². The van der Waals surface area contributed by atoms with Gasteiger partial charge in [0.15, 0.2) is 0 Å². The average Bonchev–Trinajstić information content (AvgIpc) is 2.55. The van der Waals surface area contributed by atoms with E-state index in [0.717, 1.165) is 37.5 Å². The summed E-state index contributed by atoms with van der Waals surface area (Å²) in [6.45, 7) is 4.79. The summed E-state index contributed by atoms with van der Waals surface area (Å²) in [4.78, 5) is 4.71. The molecule has 0 radical (unpaired) electrons. The molecule has 0 aromatic heterocycles. The van der Waals surface area contributed by atoms with E-state index in [9.17, 15) is 0 Å². The van der Waals surface area contributed by atoms with Gasteiger partial charge in [-0.1, -0.05) is 41.9 Å². The summed E-state index contributed by atoms with van der Waals surface area (Å²) in [6.07, 6.45) is 0. The first-order valence-electron chi connectivity index (χ1n) is 7.62. The highest BCUT2D eigenvalue weighted by Gasteiger charge is 2.15. The summed E-state index contributed by atoms with van der Waals surface area (Å²) in [6, 6.07) is 16.2. The molecule has 0 bridgehead atoms. The van der Waals surface area contributed by atoms with Crippen LogP contribution in [0.4, 0.5) is 5.69 Å². The summed E-state index contributed by atoms with van der Waals surface area (Å²) in [5, 5.41) is 0.673. The number of benzene rings is 2. The number of hydrogen-bond donors (Lipinski definition) is 0. The summed E-state index contributed by atoms with van der Waals surface area (Å²) in [7, 11) is 2.16. The van der Waals surface area contributed by atoms with E-state index in [1.54, 1.807) is 0 Å². The lowest BCUT2D eigenvalue weighted by Gasteiger charge is -2.34. The van der Waals surface area contributed by atoms with Crippen LogP contribution in [0, 0.1) is 0 Å². The van der Waals surface area contributed by atoms with E-state index in [1.807, 2.05) is 42.5 Å². The van der Waals surface area contributed by atoms with Crippen molar-refractivity contribution in [3.05, 3.63) is 59.1 Å². The molecule has 4 heteroatoms. The van der Waals surface area contributed by atoms with E-state index >= 15 is 0 Å². The first-order valence-corrected chi connectivity index (χ1v) is 8.00. The van der Waals surface area contributed by atoms with E-state index in [0.29, 0.717) is 11.6 Å². The number of piperazine rings is 1. The second-order valence-electron chi connectivity index (χ2n) is 5.68. The molecular formula is C18H21ClN2O. The third-order valence-electron chi connectivity index (χ3n) is 4.02. The molecule has 3 nitrogen and oxygen atoms in total. The molecule has 0 aliphatic carbocycles. The highest BCUT2D eigenvalue weighted by atomic mass is 35.5. The number of nitrogens with zero attached hydrogens (tertiary/aromatic N) is 2. The maximum Gasteiger partial charge on any atom is 0.138 e. The molecule has 0 amide bonds. The number of rotatable bonds is 4. The molecule has 0 saturated carbocycles. The molecule has 1 aliphatic rings. The Morgan fingerprint density at radius 3 is 2.41 bits per heavy atom. The Balaban J connectivity index is 1.64. The molecule has 116 valence electrons. The van der Waals surface area contributed by atoms with Gasteiger partial charge >= 0.3 is 0 Å². The molecule has 0 unspecified atom stereocenters. The van der Waals surface area contributed by atoms with Gasteiger partial charge in [-0.05, 0) is 30.8 Å². The van der Waals surface area contributed by atoms with Crippen molar-refractivity contribution >= 4 is 17.3 Å².